The minimum atomic E-state index is -3.06. The van der Waals surface area contributed by atoms with Gasteiger partial charge in [0.1, 0.15) is 15.9 Å². The molecule has 1 aromatic heterocycles. The molecule has 0 aliphatic rings. The molecule has 1 heterocycles. The standard InChI is InChI=1S/C13H12ClN3O2S/c1-20(18,19)5-4-16-13-9(7-15)8-17-12-3-2-10(14)6-11(12)13/h2-3,6,8H,4-5H2,1H3,(H,16,17). The molecule has 0 spiro atoms. The second-order valence-corrected chi connectivity index (χ2v) is 7.07. The first-order valence-electron chi connectivity index (χ1n) is 5.80. The molecule has 104 valence electrons. The Morgan fingerprint density at radius 2 is 2.20 bits per heavy atom. The number of rotatable bonds is 4. The predicted octanol–water partition coefficient (Wildman–Crippen LogP) is 2.22. The maximum atomic E-state index is 11.2. The Balaban J connectivity index is 2.43. The molecule has 0 saturated heterocycles. The SMILES string of the molecule is CS(=O)(=O)CCNc1c(C#N)cnc2ccc(Cl)cc12. The number of sulfone groups is 1. The van der Waals surface area contributed by atoms with Gasteiger partial charge in [-0.2, -0.15) is 5.26 Å². The van der Waals surface area contributed by atoms with E-state index in [4.69, 9.17) is 16.9 Å². The molecular formula is C13H12ClN3O2S. The summed E-state index contributed by atoms with van der Waals surface area (Å²) >= 11 is 5.96. The third-order valence-corrected chi connectivity index (χ3v) is 3.91. The fourth-order valence-electron chi connectivity index (χ4n) is 1.80. The van der Waals surface area contributed by atoms with E-state index in [1.54, 1.807) is 18.2 Å². The number of aromatic nitrogens is 1. The summed E-state index contributed by atoms with van der Waals surface area (Å²) in [7, 11) is -3.06. The molecule has 2 rings (SSSR count). The van der Waals surface area contributed by atoms with Crippen molar-refractivity contribution in [3.8, 4) is 6.07 Å². The summed E-state index contributed by atoms with van der Waals surface area (Å²) < 4.78 is 22.3. The van der Waals surface area contributed by atoms with Crippen LogP contribution in [0, 0.1) is 11.3 Å². The van der Waals surface area contributed by atoms with Crippen LogP contribution in [-0.2, 0) is 9.84 Å². The number of nitrogens with zero attached hydrogens (tertiary/aromatic N) is 2. The number of nitrogens with one attached hydrogen (secondary N) is 1. The van der Waals surface area contributed by atoms with E-state index in [9.17, 15) is 8.42 Å². The van der Waals surface area contributed by atoms with Crippen LogP contribution >= 0.6 is 11.6 Å². The Morgan fingerprint density at radius 3 is 2.85 bits per heavy atom. The molecule has 0 saturated carbocycles. The first kappa shape index (κ1) is 14.6. The van der Waals surface area contributed by atoms with Crippen LogP contribution in [0.3, 0.4) is 0 Å². The molecule has 0 atom stereocenters. The zero-order chi connectivity index (χ0) is 14.8. The van der Waals surface area contributed by atoms with E-state index in [2.05, 4.69) is 10.3 Å². The lowest BCUT2D eigenvalue weighted by atomic mass is 10.1. The molecule has 20 heavy (non-hydrogen) atoms. The molecule has 0 radical (unpaired) electrons. The van der Waals surface area contributed by atoms with Gasteiger partial charge in [-0.3, -0.25) is 4.98 Å². The van der Waals surface area contributed by atoms with Gasteiger partial charge in [-0.05, 0) is 18.2 Å². The van der Waals surface area contributed by atoms with Crippen molar-refractivity contribution >= 4 is 38.0 Å². The number of nitriles is 1. The average molecular weight is 310 g/mol. The van der Waals surface area contributed by atoms with Crippen LogP contribution in [0.1, 0.15) is 5.56 Å². The summed E-state index contributed by atoms with van der Waals surface area (Å²) in [6.07, 6.45) is 2.63. The second-order valence-electron chi connectivity index (χ2n) is 4.38. The van der Waals surface area contributed by atoms with Crippen LogP contribution in [0.15, 0.2) is 24.4 Å². The van der Waals surface area contributed by atoms with E-state index in [0.29, 0.717) is 27.2 Å². The Labute approximate surface area is 122 Å². The molecule has 1 aromatic carbocycles. The molecule has 0 fully saturated rings. The third-order valence-electron chi connectivity index (χ3n) is 2.73. The van der Waals surface area contributed by atoms with E-state index >= 15 is 0 Å². The highest BCUT2D eigenvalue weighted by atomic mass is 35.5. The zero-order valence-corrected chi connectivity index (χ0v) is 12.3. The number of halogens is 1. The smallest absolute Gasteiger partial charge is 0.149 e. The highest BCUT2D eigenvalue weighted by Gasteiger charge is 2.10. The minimum absolute atomic E-state index is 0.0117. The van der Waals surface area contributed by atoms with Crippen molar-refractivity contribution in [1.29, 1.82) is 5.26 Å². The molecule has 2 aromatic rings. The van der Waals surface area contributed by atoms with Crippen LogP contribution < -0.4 is 5.32 Å². The van der Waals surface area contributed by atoms with Gasteiger partial charge in [-0.15, -0.1) is 0 Å². The molecule has 5 nitrogen and oxygen atoms in total. The summed E-state index contributed by atoms with van der Waals surface area (Å²) in [5, 5.41) is 13.3. The van der Waals surface area contributed by atoms with Crippen molar-refractivity contribution in [1.82, 2.24) is 4.98 Å². The van der Waals surface area contributed by atoms with Crippen molar-refractivity contribution in [3.05, 3.63) is 35.0 Å². The molecule has 0 aliphatic carbocycles. The van der Waals surface area contributed by atoms with Crippen LogP contribution in [0.2, 0.25) is 5.02 Å². The quantitative estimate of drug-likeness (QED) is 0.936. The van der Waals surface area contributed by atoms with Crippen LogP contribution in [0.5, 0.6) is 0 Å². The lowest BCUT2D eigenvalue weighted by molar-refractivity contribution is 0.602. The van der Waals surface area contributed by atoms with E-state index in [1.807, 2.05) is 6.07 Å². The van der Waals surface area contributed by atoms with Gasteiger partial charge < -0.3 is 5.32 Å². The maximum Gasteiger partial charge on any atom is 0.149 e. The second kappa shape index (κ2) is 5.65. The Bertz CT molecular complexity index is 797. The molecule has 0 unspecified atom stereocenters. The van der Waals surface area contributed by atoms with Gasteiger partial charge in [-0.25, -0.2) is 8.42 Å². The number of fused-ring (bicyclic) bond motifs is 1. The largest absolute Gasteiger partial charge is 0.382 e. The summed E-state index contributed by atoms with van der Waals surface area (Å²) in [5.41, 5.74) is 1.60. The van der Waals surface area contributed by atoms with Crippen LogP contribution in [0.4, 0.5) is 5.69 Å². The minimum Gasteiger partial charge on any atom is -0.382 e. The fraction of sp³-hybridized carbons (Fsp3) is 0.231. The molecule has 0 aliphatic heterocycles. The van der Waals surface area contributed by atoms with Crippen LogP contribution in [0.25, 0.3) is 10.9 Å². The third kappa shape index (κ3) is 3.38. The van der Waals surface area contributed by atoms with Crippen molar-refractivity contribution < 1.29 is 8.42 Å². The number of anilines is 1. The van der Waals surface area contributed by atoms with Crippen molar-refractivity contribution in [2.45, 2.75) is 0 Å². The van der Waals surface area contributed by atoms with Gasteiger partial charge in [0, 0.05) is 29.4 Å². The molecular weight excluding hydrogens is 298 g/mol. The zero-order valence-electron chi connectivity index (χ0n) is 10.7. The molecule has 0 bridgehead atoms. The molecule has 7 heteroatoms. The maximum absolute atomic E-state index is 11.2. The number of hydrogen-bond donors (Lipinski definition) is 1. The summed E-state index contributed by atoms with van der Waals surface area (Å²) in [5.74, 6) is -0.0117. The fourth-order valence-corrected chi connectivity index (χ4v) is 2.45. The van der Waals surface area contributed by atoms with Crippen molar-refractivity contribution in [2.24, 2.45) is 0 Å². The van der Waals surface area contributed by atoms with Crippen molar-refractivity contribution in [3.63, 3.8) is 0 Å². The number of hydrogen-bond acceptors (Lipinski definition) is 5. The van der Waals surface area contributed by atoms with E-state index < -0.39 is 9.84 Å². The Kier molecular flexibility index (Phi) is 4.12. The summed E-state index contributed by atoms with van der Waals surface area (Å²) in [4.78, 5) is 4.17. The van der Waals surface area contributed by atoms with Gasteiger partial charge in [0.2, 0.25) is 0 Å². The van der Waals surface area contributed by atoms with Crippen molar-refractivity contribution in [2.75, 3.05) is 23.9 Å². The first-order valence-corrected chi connectivity index (χ1v) is 8.24. The van der Waals surface area contributed by atoms with E-state index in [0.717, 1.165) is 0 Å². The van der Waals surface area contributed by atoms with Gasteiger partial charge >= 0.3 is 0 Å². The normalized spacial score (nSPS) is 11.2. The lowest BCUT2D eigenvalue weighted by Gasteiger charge is -2.11. The monoisotopic (exact) mass is 309 g/mol. The summed E-state index contributed by atoms with van der Waals surface area (Å²) in [6, 6.07) is 7.20. The predicted molar refractivity (Wildman–Crippen MR) is 79.7 cm³/mol. The highest BCUT2D eigenvalue weighted by Crippen LogP contribution is 2.27. The van der Waals surface area contributed by atoms with Gasteiger partial charge in [0.25, 0.3) is 0 Å². The van der Waals surface area contributed by atoms with E-state index in [1.165, 1.54) is 12.5 Å². The summed E-state index contributed by atoms with van der Waals surface area (Å²) in [6.45, 7) is 0.221. The molecule has 1 N–H and O–H groups in total. The number of benzene rings is 1. The van der Waals surface area contributed by atoms with Gasteiger partial charge in [0.15, 0.2) is 0 Å². The molecule has 0 amide bonds. The van der Waals surface area contributed by atoms with Gasteiger partial charge in [0.05, 0.1) is 22.5 Å². The number of pyridine rings is 1. The topological polar surface area (TPSA) is 82.9 Å². The Morgan fingerprint density at radius 1 is 1.45 bits per heavy atom. The van der Waals surface area contributed by atoms with Crippen LogP contribution in [-0.4, -0.2) is 32.0 Å². The average Bonchev–Trinajstić information content (AvgIpc) is 2.37. The lowest BCUT2D eigenvalue weighted by Crippen LogP contribution is -2.15. The highest BCUT2D eigenvalue weighted by molar-refractivity contribution is 7.90. The first-order chi connectivity index (χ1) is 9.40. The van der Waals surface area contributed by atoms with E-state index in [-0.39, 0.29) is 12.3 Å². The Hall–Kier alpha value is -1.84. The van der Waals surface area contributed by atoms with Gasteiger partial charge in [-0.1, -0.05) is 11.6 Å².